The molecule has 2 nitrogen and oxygen atoms in total. The Bertz CT molecular complexity index is 85.7. The molecule has 0 saturated carbocycles. The average molecular weight is 163 g/mol. The molecule has 0 amide bonds. The second-order valence-electron chi connectivity index (χ2n) is 2.67. The number of hydrogen-bond acceptors (Lipinski definition) is 2. The Balaban J connectivity index is 3.60. The van der Waals surface area contributed by atoms with Crippen molar-refractivity contribution < 1.29 is 4.52 Å². The Morgan fingerprint density at radius 3 is 2.00 bits per heavy atom. The Kier molecular flexibility index (Phi) is 5.24. The van der Waals surface area contributed by atoms with Crippen LogP contribution < -0.4 is 0 Å². The summed E-state index contributed by atoms with van der Waals surface area (Å²) in [6, 6.07) is 0. The SMILES string of the molecule is CCP(OC(C)C)N(C)C. The van der Waals surface area contributed by atoms with E-state index in [9.17, 15) is 0 Å². The van der Waals surface area contributed by atoms with E-state index < -0.39 is 0 Å². The maximum Gasteiger partial charge on any atom is 0.103 e. The van der Waals surface area contributed by atoms with Crippen LogP contribution in [0.4, 0.5) is 0 Å². The van der Waals surface area contributed by atoms with Crippen LogP contribution in [0.25, 0.3) is 0 Å². The standard InChI is InChI=1S/C7H18NOP/c1-6-10(8(4)5)9-7(2)3/h7H,6H2,1-5H3. The van der Waals surface area contributed by atoms with Gasteiger partial charge in [-0.25, -0.2) is 0 Å². The maximum absolute atomic E-state index is 5.65. The van der Waals surface area contributed by atoms with Crippen LogP contribution >= 0.6 is 8.30 Å². The fourth-order valence-electron chi connectivity index (χ4n) is 0.695. The van der Waals surface area contributed by atoms with E-state index in [4.69, 9.17) is 4.52 Å². The number of hydrogen-bond donors (Lipinski definition) is 0. The lowest BCUT2D eigenvalue weighted by molar-refractivity contribution is 0.253. The topological polar surface area (TPSA) is 12.5 Å². The molecule has 0 aromatic rings. The first-order valence-electron chi connectivity index (χ1n) is 3.69. The van der Waals surface area contributed by atoms with E-state index in [0.717, 1.165) is 6.16 Å². The summed E-state index contributed by atoms with van der Waals surface area (Å²) in [7, 11) is 3.81. The largest absolute Gasteiger partial charge is 0.341 e. The van der Waals surface area contributed by atoms with Gasteiger partial charge in [0.15, 0.2) is 0 Å². The van der Waals surface area contributed by atoms with Crippen molar-refractivity contribution in [3.05, 3.63) is 0 Å². The highest BCUT2D eigenvalue weighted by atomic mass is 31.2. The second-order valence-corrected chi connectivity index (χ2v) is 5.02. The summed E-state index contributed by atoms with van der Waals surface area (Å²) in [4.78, 5) is 0. The van der Waals surface area contributed by atoms with Crippen LogP contribution in [0.15, 0.2) is 0 Å². The smallest absolute Gasteiger partial charge is 0.103 e. The molecule has 0 aliphatic carbocycles. The van der Waals surface area contributed by atoms with Crippen molar-refractivity contribution in [3.63, 3.8) is 0 Å². The van der Waals surface area contributed by atoms with Gasteiger partial charge in [0.25, 0.3) is 0 Å². The van der Waals surface area contributed by atoms with Crippen LogP contribution in [0.3, 0.4) is 0 Å². The van der Waals surface area contributed by atoms with Crippen molar-refractivity contribution in [1.82, 2.24) is 4.67 Å². The van der Waals surface area contributed by atoms with Crippen LogP contribution in [0.1, 0.15) is 20.8 Å². The zero-order chi connectivity index (χ0) is 8.15. The highest BCUT2D eigenvalue weighted by molar-refractivity contribution is 7.49. The van der Waals surface area contributed by atoms with Gasteiger partial charge in [0.1, 0.15) is 8.30 Å². The van der Waals surface area contributed by atoms with Crippen molar-refractivity contribution in [2.24, 2.45) is 0 Å². The zero-order valence-electron chi connectivity index (χ0n) is 7.59. The van der Waals surface area contributed by atoms with E-state index in [2.05, 4.69) is 39.5 Å². The molecule has 0 aliphatic rings. The number of rotatable bonds is 4. The van der Waals surface area contributed by atoms with Gasteiger partial charge in [-0.3, -0.25) is 4.67 Å². The van der Waals surface area contributed by atoms with Crippen LogP contribution in [-0.4, -0.2) is 31.0 Å². The Morgan fingerprint density at radius 1 is 1.40 bits per heavy atom. The van der Waals surface area contributed by atoms with Crippen molar-refractivity contribution in [3.8, 4) is 0 Å². The van der Waals surface area contributed by atoms with Crippen molar-refractivity contribution in [2.45, 2.75) is 26.9 Å². The molecule has 0 fully saturated rings. The van der Waals surface area contributed by atoms with E-state index in [1.54, 1.807) is 0 Å². The molecule has 10 heavy (non-hydrogen) atoms. The third-order valence-electron chi connectivity index (χ3n) is 1.05. The highest BCUT2D eigenvalue weighted by Gasteiger charge is 2.10. The molecule has 0 heterocycles. The lowest BCUT2D eigenvalue weighted by atomic mass is 10.5. The van der Waals surface area contributed by atoms with Crippen molar-refractivity contribution in [1.29, 1.82) is 0 Å². The quantitative estimate of drug-likeness (QED) is 0.589. The molecule has 3 heteroatoms. The van der Waals surface area contributed by atoms with Crippen LogP contribution in [0, 0.1) is 0 Å². The molecule has 0 aromatic carbocycles. The van der Waals surface area contributed by atoms with E-state index in [0.29, 0.717) is 6.10 Å². The summed E-state index contributed by atoms with van der Waals surface area (Å²) < 4.78 is 7.81. The molecular formula is C7H18NOP. The third-order valence-corrected chi connectivity index (χ3v) is 3.15. The Hall–Kier alpha value is 0.350. The fraction of sp³-hybridized carbons (Fsp3) is 1.00. The summed E-state index contributed by atoms with van der Waals surface area (Å²) in [6.07, 6.45) is 1.47. The lowest BCUT2D eigenvalue weighted by Crippen LogP contribution is -2.11. The molecule has 0 N–H and O–H groups in total. The first-order chi connectivity index (χ1) is 4.57. The summed E-state index contributed by atoms with van der Waals surface area (Å²) in [5.74, 6) is 0. The second kappa shape index (κ2) is 5.06. The summed E-state index contributed by atoms with van der Waals surface area (Å²) in [5.41, 5.74) is 0. The van der Waals surface area contributed by atoms with Crippen LogP contribution in [-0.2, 0) is 4.52 Å². The van der Waals surface area contributed by atoms with Gasteiger partial charge in [-0.15, -0.1) is 0 Å². The van der Waals surface area contributed by atoms with Gasteiger partial charge in [0.2, 0.25) is 0 Å². The third kappa shape index (κ3) is 4.21. The van der Waals surface area contributed by atoms with Gasteiger partial charge in [-0.05, 0) is 27.9 Å². The van der Waals surface area contributed by atoms with Gasteiger partial charge >= 0.3 is 0 Å². The minimum absolute atomic E-state index is 0.324. The summed E-state index contributed by atoms with van der Waals surface area (Å²) >= 11 is 0. The molecule has 0 aliphatic heterocycles. The monoisotopic (exact) mass is 163 g/mol. The van der Waals surface area contributed by atoms with E-state index >= 15 is 0 Å². The van der Waals surface area contributed by atoms with Gasteiger partial charge in [0.05, 0.1) is 6.10 Å². The summed E-state index contributed by atoms with van der Waals surface area (Å²) in [6.45, 7) is 6.32. The molecular weight excluding hydrogens is 145 g/mol. The van der Waals surface area contributed by atoms with E-state index in [1.165, 1.54) is 0 Å². The van der Waals surface area contributed by atoms with Gasteiger partial charge in [0, 0.05) is 6.16 Å². The molecule has 1 unspecified atom stereocenters. The summed E-state index contributed by atoms with van der Waals surface area (Å²) in [5, 5.41) is 0. The van der Waals surface area contributed by atoms with E-state index in [1.807, 2.05) is 0 Å². The Labute approximate surface area is 65.4 Å². The highest BCUT2D eigenvalue weighted by Crippen LogP contribution is 2.39. The van der Waals surface area contributed by atoms with Crippen molar-refractivity contribution >= 4 is 8.30 Å². The van der Waals surface area contributed by atoms with Gasteiger partial charge < -0.3 is 4.52 Å². The first-order valence-corrected chi connectivity index (χ1v) is 5.09. The molecule has 0 spiro atoms. The molecule has 0 saturated heterocycles. The predicted octanol–water partition coefficient (Wildman–Crippen LogP) is 2.30. The van der Waals surface area contributed by atoms with Crippen molar-refractivity contribution in [2.75, 3.05) is 20.3 Å². The van der Waals surface area contributed by atoms with Crippen LogP contribution in [0.2, 0.25) is 0 Å². The minimum atomic E-state index is -0.324. The first kappa shape index (κ1) is 10.3. The maximum atomic E-state index is 5.65. The Morgan fingerprint density at radius 2 is 1.90 bits per heavy atom. The van der Waals surface area contributed by atoms with E-state index in [-0.39, 0.29) is 8.30 Å². The molecule has 0 radical (unpaired) electrons. The lowest BCUT2D eigenvalue weighted by Gasteiger charge is -2.24. The predicted molar refractivity (Wildman–Crippen MR) is 47.4 cm³/mol. The molecule has 1 atom stereocenters. The molecule has 0 rings (SSSR count). The number of nitrogens with zero attached hydrogens (tertiary/aromatic N) is 1. The average Bonchev–Trinajstić information content (AvgIpc) is 1.81. The van der Waals surface area contributed by atoms with Gasteiger partial charge in [-0.1, -0.05) is 6.92 Å². The van der Waals surface area contributed by atoms with Crippen LogP contribution in [0.5, 0.6) is 0 Å². The normalized spacial score (nSPS) is 14.7. The molecule has 0 bridgehead atoms. The molecule has 0 aromatic heterocycles. The zero-order valence-corrected chi connectivity index (χ0v) is 8.48. The van der Waals surface area contributed by atoms with Gasteiger partial charge in [-0.2, -0.15) is 0 Å². The fourth-order valence-corrected chi connectivity index (χ4v) is 2.09. The minimum Gasteiger partial charge on any atom is -0.341 e. The molecule has 62 valence electrons.